The molecule has 5 nitrogen and oxygen atoms in total. The number of hydrogen-bond donors (Lipinski definition) is 1. The van der Waals surface area contributed by atoms with Crippen molar-refractivity contribution in [3.8, 4) is 0 Å². The van der Waals surface area contributed by atoms with Crippen LogP contribution in [-0.2, 0) is 0 Å². The highest BCUT2D eigenvalue weighted by atomic mass is 16.2. The molecule has 0 bridgehead atoms. The molecular weight excluding hydrogens is 156 g/mol. The third kappa shape index (κ3) is 1.27. The molecule has 0 unspecified atom stereocenters. The zero-order chi connectivity index (χ0) is 8.39. The van der Waals surface area contributed by atoms with E-state index in [1.807, 2.05) is 0 Å². The van der Waals surface area contributed by atoms with Gasteiger partial charge in [-0.3, -0.25) is 15.2 Å². The summed E-state index contributed by atoms with van der Waals surface area (Å²) in [6.07, 6.45) is 1.63. The Bertz CT molecular complexity index is 209. The van der Waals surface area contributed by atoms with Crippen LogP contribution in [0.3, 0.4) is 0 Å². The molecule has 2 rings (SSSR count). The van der Waals surface area contributed by atoms with Crippen molar-refractivity contribution in [3.05, 3.63) is 0 Å². The van der Waals surface area contributed by atoms with Gasteiger partial charge in [0.25, 0.3) is 0 Å². The normalized spacial score (nSPS) is 22.3. The maximum Gasteiger partial charge on any atom is 0.326 e. The number of aliphatic imine (C=N–C) groups is 1. The quantitative estimate of drug-likeness (QED) is 0.520. The van der Waals surface area contributed by atoms with E-state index in [1.54, 1.807) is 16.1 Å². The van der Waals surface area contributed by atoms with E-state index in [9.17, 15) is 4.79 Å². The van der Waals surface area contributed by atoms with Crippen molar-refractivity contribution in [2.45, 2.75) is 0 Å². The number of hydrogen-bond acceptors (Lipinski definition) is 3. The number of amides is 2. The van der Waals surface area contributed by atoms with Crippen LogP contribution in [0.15, 0.2) is 4.99 Å². The summed E-state index contributed by atoms with van der Waals surface area (Å²) in [6, 6.07) is 0.0706. The summed E-state index contributed by atoms with van der Waals surface area (Å²) in [5.74, 6) is 0. The fourth-order valence-corrected chi connectivity index (χ4v) is 1.38. The molecule has 0 aliphatic carbocycles. The lowest BCUT2D eigenvalue weighted by atomic mass is 10.5. The first-order valence-electron chi connectivity index (χ1n) is 4.14. The maximum atomic E-state index is 11.6. The monoisotopic (exact) mass is 168 g/mol. The van der Waals surface area contributed by atoms with E-state index in [0.29, 0.717) is 6.67 Å². The van der Waals surface area contributed by atoms with E-state index in [4.69, 9.17) is 0 Å². The van der Waals surface area contributed by atoms with Crippen molar-refractivity contribution in [1.29, 1.82) is 0 Å². The van der Waals surface area contributed by atoms with Crippen molar-refractivity contribution in [2.75, 3.05) is 32.8 Å². The van der Waals surface area contributed by atoms with Gasteiger partial charge in [0.2, 0.25) is 0 Å². The Hall–Kier alpha value is -1.10. The standard InChI is InChI=1S/C7H12N4O/c12-7(10-3-1-8-5-10)11-4-2-9-6-11/h5,9H,1-4,6H2. The average Bonchev–Trinajstić information content (AvgIpc) is 2.77. The first-order valence-corrected chi connectivity index (χ1v) is 4.14. The van der Waals surface area contributed by atoms with Gasteiger partial charge in [0.1, 0.15) is 0 Å². The summed E-state index contributed by atoms with van der Waals surface area (Å²) >= 11 is 0. The largest absolute Gasteiger partial charge is 0.326 e. The van der Waals surface area contributed by atoms with Gasteiger partial charge in [0, 0.05) is 19.6 Å². The molecule has 0 spiro atoms. The second kappa shape index (κ2) is 3.10. The van der Waals surface area contributed by atoms with Gasteiger partial charge in [0.15, 0.2) is 0 Å². The van der Waals surface area contributed by atoms with Crippen LogP contribution in [0.5, 0.6) is 0 Å². The highest BCUT2D eigenvalue weighted by Gasteiger charge is 2.23. The van der Waals surface area contributed by atoms with E-state index < -0.39 is 0 Å². The van der Waals surface area contributed by atoms with Crippen LogP contribution in [0.2, 0.25) is 0 Å². The van der Waals surface area contributed by atoms with E-state index in [-0.39, 0.29) is 6.03 Å². The molecule has 0 radical (unpaired) electrons. The predicted molar refractivity (Wildman–Crippen MR) is 45.0 cm³/mol. The second-order valence-corrected chi connectivity index (χ2v) is 2.92. The molecule has 12 heavy (non-hydrogen) atoms. The predicted octanol–water partition coefficient (Wildman–Crippen LogP) is -0.687. The first-order chi connectivity index (χ1) is 5.88. The molecule has 2 aliphatic rings. The summed E-state index contributed by atoms with van der Waals surface area (Å²) in [5, 5.41) is 3.11. The van der Waals surface area contributed by atoms with Gasteiger partial charge in [-0.05, 0) is 0 Å². The van der Waals surface area contributed by atoms with Crippen LogP contribution >= 0.6 is 0 Å². The molecule has 66 valence electrons. The van der Waals surface area contributed by atoms with Crippen molar-refractivity contribution in [2.24, 2.45) is 4.99 Å². The number of carbonyl (C=O) groups is 1. The van der Waals surface area contributed by atoms with Crippen LogP contribution in [0.4, 0.5) is 4.79 Å². The van der Waals surface area contributed by atoms with Gasteiger partial charge < -0.3 is 4.90 Å². The Morgan fingerprint density at radius 2 is 2.42 bits per heavy atom. The lowest BCUT2D eigenvalue weighted by Gasteiger charge is -2.20. The van der Waals surface area contributed by atoms with E-state index in [1.165, 1.54) is 0 Å². The first kappa shape index (κ1) is 7.54. The lowest BCUT2D eigenvalue weighted by molar-refractivity contribution is 0.189. The summed E-state index contributed by atoms with van der Waals surface area (Å²) in [5.41, 5.74) is 0. The Labute approximate surface area is 71.0 Å². The summed E-state index contributed by atoms with van der Waals surface area (Å²) in [4.78, 5) is 19.0. The van der Waals surface area contributed by atoms with Crippen LogP contribution in [0.1, 0.15) is 0 Å². The fourth-order valence-electron chi connectivity index (χ4n) is 1.38. The third-order valence-corrected chi connectivity index (χ3v) is 2.07. The van der Waals surface area contributed by atoms with Crippen molar-refractivity contribution < 1.29 is 4.79 Å². The Morgan fingerprint density at radius 1 is 1.50 bits per heavy atom. The van der Waals surface area contributed by atoms with Gasteiger partial charge in [0.05, 0.1) is 19.6 Å². The van der Waals surface area contributed by atoms with Gasteiger partial charge >= 0.3 is 6.03 Å². The van der Waals surface area contributed by atoms with Crippen molar-refractivity contribution in [1.82, 2.24) is 15.1 Å². The Balaban J connectivity index is 1.94. The number of urea groups is 1. The molecule has 0 aromatic rings. The van der Waals surface area contributed by atoms with Crippen LogP contribution < -0.4 is 5.32 Å². The number of rotatable bonds is 0. The average molecular weight is 168 g/mol. The molecule has 0 aromatic carbocycles. The molecule has 0 aromatic heterocycles. The second-order valence-electron chi connectivity index (χ2n) is 2.92. The fraction of sp³-hybridized carbons (Fsp3) is 0.714. The highest BCUT2D eigenvalue weighted by molar-refractivity contribution is 5.87. The molecule has 5 heteroatoms. The van der Waals surface area contributed by atoms with Crippen LogP contribution in [-0.4, -0.2) is 55.0 Å². The van der Waals surface area contributed by atoms with Gasteiger partial charge in [-0.1, -0.05) is 0 Å². The SMILES string of the molecule is O=C(N1C=NCC1)N1CCNC1. The van der Waals surface area contributed by atoms with Crippen molar-refractivity contribution in [3.63, 3.8) is 0 Å². The number of nitrogens with zero attached hydrogens (tertiary/aromatic N) is 3. The van der Waals surface area contributed by atoms with E-state index in [2.05, 4.69) is 10.3 Å². The minimum atomic E-state index is 0.0706. The molecule has 0 atom stereocenters. The molecule has 0 saturated carbocycles. The minimum Gasteiger partial charge on any atom is -0.310 e. The third-order valence-electron chi connectivity index (χ3n) is 2.07. The zero-order valence-electron chi connectivity index (χ0n) is 6.86. The summed E-state index contributed by atoms with van der Waals surface area (Å²) < 4.78 is 0. The lowest BCUT2D eigenvalue weighted by Crippen LogP contribution is -2.40. The Kier molecular flexibility index (Phi) is 1.95. The van der Waals surface area contributed by atoms with E-state index >= 15 is 0 Å². The molecule has 1 saturated heterocycles. The van der Waals surface area contributed by atoms with Gasteiger partial charge in [-0.25, -0.2) is 4.79 Å². The minimum absolute atomic E-state index is 0.0706. The zero-order valence-corrected chi connectivity index (χ0v) is 6.86. The maximum absolute atomic E-state index is 11.6. The van der Waals surface area contributed by atoms with Crippen LogP contribution in [0, 0.1) is 0 Å². The Morgan fingerprint density at radius 3 is 3.00 bits per heavy atom. The molecule has 2 heterocycles. The molecule has 1 fully saturated rings. The molecule has 2 amide bonds. The molecular formula is C7H12N4O. The summed E-state index contributed by atoms with van der Waals surface area (Å²) in [6.45, 7) is 3.85. The van der Waals surface area contributed by atoms with Gasteiger partial charge in [-0.15, -0.1) is 0 Å². The molecule has 1 N–H and O–H groups in total. The highest BCUT2D eigenvalue weighted by Crippen LogP contribution is 2.02. The van der Waals surface area contributed by atoms with Gasteiger partial charge in [-0.2, -0.15) is 0 Å². The summed E-state index contributed by atoms with van der Waals surface area (Å²) in [7, 11) is 0. The molecule has 2 aliphatic heterocycles. The van der Waals surface area contributed by atoms with Crippen LogP contribution in [0.25, 0.3) is 0 Å². The smallest absolute Gasteiger partial charge is 0.310 e. The number of carbonyl (C=O) groups excluding carboxylic acids is 1. The topological polar surface area (TPSA) is 47.9 Å². The van der Waals surface area contributed by atoms with Crippen molar-refractivity contribution >= 4 is 12.4 Å². The number of nitrogens with one attached hydrogen (secondary N) is 1. The van der Waals surface area contributed by atoms with E-state index in [0.717, 1.165) is 26.2 Å².